The van der Waals surface area contributed by atoms with E-state index in [4.69, 9.17) is 4.52 Å². The maximum atomic E-state index is 12.3. The number of anilines is 1. The minimum Gasteiger partial charge on any atom is -0.361 e. The Morgan fingerprint density at radius 3 is 2.88 bits per heavy atom. The number of fused-ring (bicyclic) bond motifs is 1. The highest BCUT2D eigenvalue weighted by Gasteiger charge is 2.17. The molecule has 0 spiro atoms. The number of benzene rings is 1. The maximum absolute atomic E-state index is 12.3. The van der Waals surface area contributed by atoms with Crippen LogP contribution >= 0.6 is 0 Å². The predicted octanol–water partition coefficient (Wildman–Crippen LogP) is 2.99. The lowest BCUT2D eigenvalue weighted by molar-refractivity contribution is -0.121. The van der Waals surface area contributed by atoms with Crippen LogP contribution in [0.15, 0.2) is 22.7 Å². The molecule has 2 amide bonds. The molecule has 2 heterocycles. The molecule has 132 valence electrons. The summed E-state index contributed by atoms with van der Waals surface area (Å²) in [5.74, 6) is 0.828. The van der Waals surface area contributed by atoms with Crippen LogP contribution in [0.2, 0.25) is 0 Å². The van der Waals surface area contributed by atoms with Crippen molar-refractivity contribution in [2.75, 3.05) is 5.32 Å². The van der Waals surface area contributed by atoms with Crippen molar-refractivity contribution in [1.29, 1.82) is 0 Å². The normalized spacial score (nSPS) is 14.6. The zero-order chi connectivity index (χ0) is 18.0. The van der Waals surface area contributed by atoms with Crippen LogP contribution < -0.4 is 10.6 Å². The van der Waals surface area contributed by atoms with Crippen molar-refractivity contribution in [3.05, 3.63) is 46.3 Å². The van der Waals surface area contributed by atoms with E-state index in [1.165, 1.54) is 0 Å². The standard InChI is InChI=1S/C19H23N3O3/c1-11(14-4-7-17-15(10-14)5-8-19(24)21-17)20-18(23)9-6-16-12(2)22-25-13(16)3/h4,7,10-11H,5-6,8-9H2,1-3H3,(H,20,23)(H,21,24). The molecule has 0 saturated heterocycles. The summed E-state index contributed by atoms with van der Waals surface area (Å²) in [6.07, 6.45) is 2.26. The largest absolute Gasteiger partial charge is 0.361 e. The van der Waals surface area contributed by atoms with Crippen molar-refractivity contribution in [3.8, 4) is 0 Å². The van der Waals surface area contributed by atoms with E-state index in [0.717, 1.165) is 40.3 Å². The summed E-state index contributed by atoms with van der Waals surface area (Å²) in [5.41, 5.74) is 4.88. The second kappa shape index (κ2) is 7.09. The number of aromatic nitrogens is 1. The first-order valence-electron chi connectivity index (χ1n) is 8.58. The van der Waals surface area contributed by atoms with Gasteiger partial charge in [-0.3, -0.25) is 9.59 Å². The highest BCUT2D eigenvalue weighted by Crippen LogP contribution is 2.26. The van der Waals surface area contributed by atoms with Gasteiger partial charge in [-0.1, -0.05) is 17.3 Å². The number of nitrogens with zero attached hydrogens (tertiary/aromatic N) is 1. The smallest absolute Gasteiger partial charge is 0.224 e. The lowest BCUT2D eigenvalue weighted by Crippen LogP contribution is -2.27. The van der Waals surface area contributed by atoms with Gasteiger partial charge in [-0.25, -0.2) is 0 Å². The Morgan fingerprint density at radius 2 is 2.16 bits per heavy atom. The van der Waals surface area contributed by atoms with Gasteiger partial charge in [0, 0.05) is 24.1 Å². The van der Waals surface area contributed by atoms with Gasteiger partial charge in [-0.15, -0.1) is 0 Å². The minimum atomic E-state index is -0.0832. The highest BCUT2D eigenvalue weighted by molar-refractivity contribution is 5.93. The van der Waals surface area contributed by atoms with Crippen LogP contribution in [0, 0.1) is 13.8 Å². The van der Waals surface area contributed by atoms with Crippen LogP contribution in [0.3, 0.4) is 0 Å². The van der Waals surface area contributed by atoms with E-state index in [9.17, 15) is 9.59 Å². The first-order chi connectivity index (χ1) is 11.9. The molecule has 1 aromatic carbocycles. The molecule has 1 atom stereocenters. The summed E-state index contributed by atoms with van der Waals surface area (Å²) >= 11 is 0. The first-order valence-corrected chi connectivity index (χ1v) is 8.58. The average molecular weight is 341 g/mol. The number of rotatable bonds is 5. The number of hydrogen-bond donors (Lipinski definition) is 2. The molecule has 3 rings (SSSR count). The summed E-state index contributed by atoms with van der Waals surface area (Å²) in [6, 6.07) is 5.84. The molecule has 0 aliphatic carbocycles. The molecular weight excluding hydrogens is 318 g/mol. The van der Waals surface area contributed by atoms with Gasteiger partial charge >= 0.3 is 0 Å². The second-order valence-electron chi connectivity index (χ2n) is 6.56. The van der Waals surface area contributed by atoms with E-state index < -0.39 is 0 Å². The third kappa shape index (κ3) is 3.90. The summed E-state index contributed by atoms with van der Waals surface area (Å²) in [5, 5.41) is 9.82. The number of aryl methyl sites for hydroxylation is 3. The van der Waals surface area contributed by atoms with Gasteiger partial charge in [0.25, 0.3) is 0 Å². The van der Waals surface area contributed by atoms with Gasteiger partial charge in [0.05, 0.1) is 11.7 Å². The number of carbonyl (C=O) groups is 2. The predicted molar refractivity (Wildman–Crippen MR) is 94.2 cm³/mol. The van der Waals surface area contributed by atoms with Gasteiger partial charge in [-0.05, 0) is 50.8 Å². The van der Waals surface area contributed by atoms with Gasteiger partial charge in [0.2, 0.25) is 11.8 Å². The fourth-order valence-electron chi connectivity index (χ4n) is 3.17. The third-order valence-corrected chi connectivity index (χ3v) is 4.69. The molecule has 1 aliphatic rings. The third-order valence-electron chi connectivity index (χ3n) is 4.69. The molecule has 1 aromatic heterocycles. The van der Waals surface area contributed by atoms with Crippen LogP contribution in [0.1, 0.15) is 54.0 Å². The van der Waals surface area contributed by atoms with E-state index in [1.807, 2.05) is 32.9 Å². The van der Waals surface area contributed by atoms with E-state index in [-0.39, 0.29) is 17.9 Å². The quantitative estimate of drug-likeness (QED) is 0.875. The summed E-state index contributed by atoms with van der Waals surface area (Å²) in [7, 11) is 0. The van der Waals surface area contributed by atoms with Crippen molar-refractivity contribution in [2.45, 2.75) is 52.5 Å². The highest BCUT2D eigenvalue weighted by atomic mass is 16.5. The molecule has 25 heavy (non-hydrogen) atoms. The van der Waals surface area contributed by atoms with E-state index >= 15 is 0 Å². The lowest BCUT2D eigenvalue weighted by atomic mass is 9.97. The minimum absolute atomic E-state index is 0.00137. The Hall–Kier alpha value is -2.63. The fourth-order valence-corrected chi connectivity index (χ4v) is 3.17. The lowest BCUT2D eigenvalue weighted by Gasteiger charge is -2.20. The maximum Gasteiger partial charge on any atom is 0.224 e. The van der Waals surface area contributed by atoms with E-state index in [2.05, 4.69) is 21.9 Å². The molecular formula is C19H23N3O3. The van der Waals surface area contributed by atoms with Crippen LogP contribution in [0.25, 0.3) is 0 Å². The van der Waals surface area contributed by atoms with Crippen molar-refractivity contribution in [3.63, 3.8) is 0 Å². The zero-order valence-corrected chi connectivity index (χ0v) is 14.8. The van der Waals surface area contributed by atoms with Crippen LogP contribution in [-0.2, 0) is 22.4 Å². The molecule has 2 aromatic rings. The van der Waals surface area contributed by atoms with Crippen LogP contribution in [-0.4, -0.2) is 17.0 Å². The Labute approximate surface area is 147 Å². The van der Waals surface area contributed by atoms with Crippen molar-refractivity contribution < 1.29 is 14.1 Å². The molecule has 2 N–H and O–H groups in total. The number of amides is 2. The summed E-state index contributed by atoms with van der Waals surface area (Å²) < 4.78 is 5.13. The number of hydrogen-bond acceptors (Lipinski definition) is 4. The monoisotopic (exact) mass is 341 g/mol. The average Bonchev–Trinajstić information content (AvgIpc) is 2.90. The number of nitrogens with one attached hydrogen (secondary N) is 2. The van der Waals surface area contributed by atoms with Crippen molar-refractivity contribution >= 4 is 17.5 Å². The van der Waals surface area contributed by atoms with Gasteiger partial charge in [0.1, 0.15) is 5.76 Å². The van der Waals surface area contributed by atoms with Crippen molar-refractivity contribution in [1.82, 2.24) is 10.5 Å². The van der Waals surface area contributed by atoms with Gasteiger partial charge in [0.15, 0.2) is 0 Å². The van der Waals surface area contributed by atoms with E-state index in [0.29, 0.717) is 19.3 Å². The molecule has 0 radical (unpaired) electrons. The first kappa shape index (κ1) is 17.2. The van der Waals surface area contributed by atoms with Gasteiger partial charge < -0.3 is 15.2 Å². The zero-order valence-electron chi connectivity index (χ0n) is 14.8. The number of carbonyl (C=O) groups excluding carboxylic acids is 2. The Bertz CT molecular complexity index is 791. The van der Waals surface area contributed by atoms with Crippen LogP contribution in [0.5, 0.6) is 0 Å². The molecule has 0 saturated carbocycles. The SMILES string of the molecule is Cc1noc(C)c1CCC(=O)NC(C)c1ccc2c(c1)CCC(=O)N2. The Balaban J connectivity index is 1.59. The second-order valence-corrected chi connectivity index (χ2v) is 6.56. The summed E-state index contributed by atoms with van der Waals surface area (Å²) in [4.78, 5) is 23.7. The molecule has 0 fully saturated rings. The fraction of sp³-hybridized carbons (Fsp3) is 0.421. The van der Waals surface area contributed by atoms with Crippen molar-refractivity contribution in [2.24, 2.45) is 0 Å². The Morgan fingerprint density at radius 1 is 1.36 bits per heavy atom. The van der Waals surface area contributed by atoms with E-state index in [1.54, 1.807) is 0 Å². The Kier molecular flexibility index (Phi) is 4.88. The van der Waals surface area contributed by atoms with Gasteiger partial charge in [-0.2, -0.15) is 0 Å². The topological polar surface area (TPSA) is 84.2 Å². The molecule has 1 aliphatic heterocycles. The van der Waals surface area contributed by atoms with Crippen LogP contribution in [0.4, 0.5) is 5.69 Å². The summed E-state index contributed by atoms with van der Waals surface area (Å²) in [6.45, 7) is 5.72. The molecule has 6 heteroatoms. The molecule has 0 bridgehead atoms. The molecule has 1 unspecified atom stereocenters. The molecule has 6 nitrogen and oxygen atoms in total.